The van der Waals surface area contributed by atoms with Gasteiger partial charge in [0.2, 0.25) is 23.5 Å². The van der Waals surface area contributed by atoms with Crippen LogP contribution in [0, 0.1) is 0 Å². The van der Waals surface area contributed by atoms with Gasteiger partial charge >= 0.3 is 0 Å². The van der Waals surface area contributed by atoms with Crippen molar-refractivity contribution in [3.05, 3.63) is 48.7 Å². The fourth-order valence-corrected chi connectivity index (χ4v) is 2.06. The summed E-state index contributed by atoms with van der Waals surface area (Å²) in [5.41, 5.74) is 0.715. The molecule has 3 aromatic heterocycles. The third kappa shape index (κ3) is 3.97. The smallest absolute Gasteiger partial charge is 0.246 e. The van der Waals surface area contributed by atoms with Crippen LogP contribution in [0.4, 0.5) is 0 Å². The molecule has 0 aliphatic heterocycles. The van der Waals surface area contributed by atoms with Gasteiger partial charge in [0.25, 0.3) is 0 Å². The molecule has 0 unspecified atom stereocenters. The molecule has 0 saturated heterocycles. The highest BCUT2D eigenvalue weighted by Crippen LogP contribution is 2.17. The van der Waals surface area contributed by atoms with Crippen LogP contribution in [0.2, 0.25) is 0 Å². The Balaban J connectivity index is 1.56. The summed E-state index contributed by atoms with van der Waals surface area (Å²) in [5.74, 6) is 1.16. The van der Waals surface area contributed by atoms with Crippen LogP contribution in [0.3, 0.4) is 0 Å². The molecule has 124 valence electrons. The van der Waals surface area contributed by atoms with Gasteiger partial charge in [-0.05, 0) is 25.1 Å². The first kappa shape index (κ1) is 15.7. The van der Waals surface area contributed by atoms with Gasteiger partial charge in [0.05, 0.1) is 13.2 Å². The van der Waals surface area contributed by atoms with Gasteiger partial charge in [0.15, 0.2) is 0 Å². The summed E-state index contributed by atoms with van der Waals surface area (Å²) in [6, 6.07) is 7.27. The van der Waals surface area contributed by atoms with Crippen molar-refractivity contribution in [1.29, 1.82) is 0 Å². The second kappa shape index (κ2) is 7.40. The van der Waals surface area contributed by atoms with Gasteiger partial charge in [0, 0.05) is 30.2 Å². The predicted molar refractivity (Wildman–Crippen MR) is 85.0 cm³/mol. The van der Waals surface area contributed by atoms with Crippen molar-refractivity contribution >= 4 is 5.91 Å². The molecule has 1 N–H and O–H groups in total. The van der Waals surface area contributed by atoms with E-state index in [-0.39, 0.29) is 19.0 Å². The molecule has 24 heavy (non-hydrogen) atoms. The van der Waals surface area contributed by atoms with Gasteiger partial charge in [0.1, 0.15) is 6.54 Å². The molecule has 3 rings (SSSR count). The molecule has 0 aromatic carbocycles. The Kier molecular flexibility index (Phi) is 4.85. The van der Waals surface area contributed by atoms with E-state index in [4.69, 9.17) is 9.26 Å². The number of nitrogens with zero attached hydrogens (tertiary/aromatic N) is 4. The lowest BCUT2D eigenvalue weighted by Gasteiger charge is -2.03. The Bertz CT molecular complexity index is 780. The molecule has 0 bridgehead atoms. The molecule has 0 aliphatic rings. The van der Waals surface area contributed by atoms with E-state index in [0.29, 0.717) is 29.8 Å². The molecule has 8 nitrogen and oxygen atoms in total. The van der Waals surface area contributed by atoms with Gasteiger partial charge in [-0.1, -0.05) is 5.16 Å². The number of carbonyl (C=O) groups is 1. The highest BCUT2D eigenvalue weighted by molar-refractivity contribution is 5.75. The maximum Gasteiger partial charge on any atom is 0.246 e. The number of pyridine rings is 1. The second-order valence-electron chi connectivity index (χ2n) is 4.96. The highest BCUT2D eigenvalue weighted by atomic mass is 16.5. The van der Waals surface area contributed by atoms with Crippen LogP contribution in [-0.4, -0.2) is 32.2 Å². The minimum absolute atomic E-state index is 0.131. The standard InChI is InChI=1S/C16H17N5O3/c1-2-23-14-6-5-12(9-18-14)16-19-15(24-20-16)10-17-13(22)11-21-7-3-4-8-21/h3-9H,2,10-11H2,1H3,(H,17,22). The molecule has 0 spiro atoms. The van der Waals surface area contributed by atoms with Gasteiger partial charge in [-0.2, -0.15) is 4.98 Å². The molecule has 8 heteroatoms. The van der Waals surface area contributed by atoms with E-state index in [2.05, 4.69) is 20.4 Å². The number of carbonyl (C=O) groups excluding carboxylic acids is 1. The number of nitrogens with one attached hydrogen (secondary N) is 1. The lowest BCUT2D eigenvalue weighted by atomic mass is 10.3. The van der Waals surface area contributed by atoms with Crippen molar-refractivity contribution in [2.24, 2.45) is 0 Å². The fraction of sp³-hybridized carbons (Fsp3) is 0.250. The zero-order chi connectivity index (χ0) is 16.8. The van der Waals surface area contributed by atoms with Crippen molar-refractivity contribution in [2.75, 3.05) is 6.61 Å². The Morgan fingerprint density at radius 2 is 2.17 bits per heavy atom. The van der Waals surface area contributed by atoms with E-state index >= 15 is 0 Å². The first-order chi connectivity index (χ1) is 11.7. The van der Waals surface area contributed by atoms with E-state index in [1.54, 1.807) is 22.9 Å². The van der Waals surface area contributed by atoms with Gasteiger partial charge in [-0.15, -0.1) is 0 Å². The van der Waals surface area contributed by atoms with Crippen molar-refractivity contribution in [3.63, 3.8) is 0 Å². The monoisotopic (exact) mass is 327 g/mol. The summed E-state index contributed by atoms with van der Waals surface area (Å²) in [4.78, 5) is 20.2. The van der Waals surface area contributed by atoms with E-state index in [9.17, 15) is 4.79 Å². The first-order valence-electron chi connectivity index (χ1n) is 7.54. The predicted octanol–water partition coefficient (Wildman–Crippen LogP) is 1.65. The number of hydrogen-bond donors (Lipinski definition) is 1. The van der Waals surface area contributed by atoms with Gasteiger partial charge in [-0.3, -0.25) is 4.79 Å². The zero-order valence-corrected chi connectivity index (χ0v) is 13.2. The van der Waals surface area contributed by atoms with Crippen molar-refractivity contribution < 1.29 is 14.1 Å². The zero-order valence-electron chi connectivity index (χ0n) is 13.2. The number of aromatic nitrogens is 4. The fourth-order valence-electron chi connectivity index (χ4n) is 2.06. The number of rotatable bonds is 7. The summed E-state index contributed by atoms with van der Waals surface area (Å²) in [6.07, 6.45) is 5.26. The molecule has 3 heterocycles. The average Bonchev–Trinajstić information content (AvgIpc) is 3.26. The SMILES string of the molecule is CCOc1ccc(-c2noc(CNC(=O)Cn3cccc3)n2)cn1. The quantitative estimate of drug-likeness (QED) is 0.709. The summed E-state index contributed by atoms with van der Waals surface area (Å²) in [7, 11) is 0. The lowest BCUT2D eigenvalue weighted by molar-refractivity contribution is -0.121. The third-order valence-corrected chi connectivity index (χ3v) is 3.18. The molecular weight excluding hydrogens is 310 g/mol. The Morgan fingerprint density at radius 1 is 1.33 bits per heavy atom. The molecule has 0 radical (unpaired) electrons. The van der Waals surface area contributed by atoms with E-state index < -0.39 is 0 Å². The molecule has 0 aliphatic carbocycles. The Hall–Kier alpha value is -3.16. The summed E-state index contributed by atoms with van der Waals surface area (Å²) in [6.45, 7) is 2.88. The van der Waals surface area contributed by atoms with E-state index in [0.717, 1.165) is 0 Å². The van der Waals surface area contributed by atoms with Crippen molar-refractivity contribution in [2.45, 2.75) is 20.0 Å². The third-order valence-electron chi connectivity index (χ3n) is 3.18. The summed E-state index contributed by atoms with van der Waals surface area (Å²) in [5, 5.41) is 6.63. The van der Waals surface area contributed by atoms with Gasteiger partial charge in [-0.25, -0.2) is 4.98 Å². The van der Waals surface area contributed by atoms with Crippen LogP contribution < -0.4 is 10.1 Å². The first-order valence-corrected chi connectivity index (χ1v) is 7.54. The Morgan fingerprint density at radius 3 is 2.88 bits per heavy atom. The van der Waals surface area contributed by atoms with E-state index in [1.165, 1.54) is 0 Å². The topological polar surface area (TPSA) is 95.1 Å². The van der Waals surface area contributed by atoms with Crippen LogP contribution in [0.15, 0.2) is 47.4 Å². The largest absolute Gasteiger partial charge is 0.478 e. The van der Waals surface area contributed by atoms with Crippen LogP contribution >= 0.6 is 0 Å². The maximum absolute atomic E-state index is 11.8. The Labute approximate surface area is 138 Å². The summed E-state index contributed by atoms with van der Waals surface area (Å²) >= 11 is 0. The van der Waals surface area contributed by atoms with Crippen LogP contribution in [0.1, 0.15) is 12.8 Å². The maximum atomic E-state index is 11.8. The molecular formula is C16H17N5O3. The highest BCUT2D eigenvalue weighted by Gasteiger charge is 2.10. The van der Waals surface area contributed by atoms with Gasteiger partial charge < -0.3 is 19.1 Å². The molecule has 3 aromatic rings. The minimum Gasteiger partial charge on any atom is -0.478 e. The van der Waals surface area contributed by atoms with Crippen LogP contribution in [0.5, 0.6) is 5.88 Å². The van der Waals surface area contributed by atoms with Crippen LogP contribution in [-0.2, 0) is 17.9 Å². The second-order valence-corrected chi connectivity index (χ2v) is 4.96. The lowest BCUT2D eigenvalue weighted by Crippen LogP contribution is -2.26. The number of hydrogen-bond acceptors (Lipinski definition) is 6. The normalized spacial score (nSPS) is 10.5. The molecule has 0 saturated carbocycles. The van der Waals surface area contributed by atoms with E-state index in [1.807, 2.05) is 31.5 Å². The minimum atomic E-state index is -0.131. The van der Waals surface area contributed by atoms with Crippen molar-refractivity contribution in [1.82, 2.24) is 25.0 Å². The average molecular weight is 327 g/mol. The molecule has 0 fully saturated rings. The number of amides is 1. The summed E-state index contributed by atoms with van der Waals surface area (Å²) < 4.78 is 12.2. The van der Waals surface area contributed by atoms with Crippen LogP contribution in [0.25, 0.3) is 11.4 Å². The molecule has 1 amide bonds. The van der Waals surface area contributed by atoms with Crippen molar-refractivity contribution in [3.8, 4) is 17.3 Å². The number of ether oxygens (including phenoxy) is 1. The molecule has 0 atom stereocenters.